The van der Waals surface area contributed by atoms with Crippen molar-refractivity contribution in [3.63, 3.8) is 0 Å². The van der Waals surface area contributed by atoms with Crippen LogP contribution in [0, 0.1) is 6.92 Å². The Hall–Kier alpha value is -2.25. The van der Waals surface area contributed by atoms with Gasteiger partial charge in [0.05, 0.1) is 22.0 Å². The molecule has 0 saturated carbocycles. The van der Waals surface area contributed by atoms with Gasteiger partial charge in [0.15, 0.2) is 21.3 Å². The van der Waals surface area contributed by atoms with E-state index in [2.05, 4.69) is 4.98 Å². The molecule has 0 radical (unpaired) electrons. The summed E-state index contributed by atoms with van der Waals surface area (Å²) in [6.45, 7) is 3.54. The third-order valence-corrected chi connectivity index (χ3v) is 6.35. The maximum Gasteiger partial charge on any atom is 0.194 e. The molecule has 0 aliphatic rings. The Morgan fingerprint density at radius 1 is 1.29 bits per heavy atom. The lowest BCUT2D eigenvalue weighted by Crippen LogP contribution is -2.06. The topological polar surface area (TPSA) is 69.0 Å². The van der Waals surface area contributed by atoms with Gasteiger partial charge in [-0.3, -0.25) is 9.36 Å². The van der Waals surface area contributed by atoms with Gasteiger partial charge in [0.25, 0.3) is 0 Å². The Bertz CT molecular complexity index is 1000. The van der Waals surface area contributed by atoms with Gasteiger partial charge in [0.2, 0.25) is 0 Å². The zero-order valence-corrected chi connectivity index (χ0v) is 14.9. The van der Waals surface area contributed by atoms with E-state index in [0.717, 1.165) is 11.8 Å². The molecule has 0 N–H and O–H groups in total. The number of nitrogens with zero attached hydrogens (tertiary/aromatic N) is 2. The standard InChI is InChI=1S/C17H16N2O3S2/c1-3-24(21,22)16-7-6-12(2)9-14(16)15-11-23-17(18-15)19-8-4-5-13(19)10-20/h4-11H,3H2,1-2H3. The summed E-state index contributed by atoms with van der Waals surface area (Å²) in [7, 11) is -3.35. The average molecular weight is 360 g/mol. The summed E-state index contributed by atoms with van der Waals surface area (Å²) >= 11 is 1.36. The van der Waals surface area contributed by atoms with Crippen molar-refractivity contribution in [1.82, 2.24) is 9.55 Å². The maximum absolute atomic E-state index is 12.4. The van der Waals surface area contributed by atoms with Crippen LogP contribution in [0.3, 0.4) is 0 Å². The van der Waals surface area contributed by atoms with Gasteiger partial charge in [-0.15, -0.1) is 11.3 Å². The number of aromatic nitrogens is 2. The summed E-state index contributed by atoms with van der Waals surface area (Å²) in [5.74, 6) is 0.0347. The summed E-state index contributed by atoms with van der Waals surface area (Å²) in [5, 5.41) is 2.44. The first-order valence-electron chi connectivity index (χ1n) is 7.38. The van der Waals surface area contributed by atoms with Crippen molar-refractivity contribution in [2.75, 3.05) is 5.75 Å². The molecular formula is C17H16N2O3S2. The first kappa shape index (κ1) is 16.6. The number of rotatable bonds is 5. The molecule has 0 aliphatic carbocycles. The molecule has 0 amide bonds. The molecule has 7 heteroatoms. The molecule has 5 nitrogen and oxygen atoms in total. The Balaban J connectivity index is 2.14. The molecule has 1 aromatic carbocycles. The number of hydrogen-bond acceptors (Lipinski definition) is 5. The molecule has 0 saturated heterocycles. The SMILES string of the molecule is CCS(=O)(=O)c1ccc(C)cc1-c1csc(-n2cccc2C=O)n1. The summed E-state index contributed by atoms with van der Waals surface area (Å²) in [6, 6.07) is 8.72. The number of benzene rings is 1. The minimum atomic E-state index is -3.35. The fourth-order valence-electron chi connectivity index (χ4n) is 2.43. The summed E-state index contributed by atoms with van der Waals surface area (Å²) in [4.78, 5) is 15.9. The minimum absolute atomic E-state index is 0.0347. The van der Waals surface area contributed by atoms with Crippen molar-refractivity contribution >= 4 is 27.5 Å². The van der Waals surface area contributed by atoms with Crippen LogP contribution in [0.25, 0.3) is 16.4 Å². The largest absolute Gasteiger partial charge is 0.296 e. The molecule has 124 valence electrons. The maximum atomic E-state index is 12.4. The van der Waals surface area contributed by atoms with Crippen LogP contribution in [0.15, 0.2) is 46.8 Å². The van der Waals surface area contributed by atoms with Crippen LogP contribution in [-0.4, -0.2) is 30.0 Å². The number of aryl methyl sites for hydroxylation is 1. The lowest BCUT2D eigenvalue weighted by molar-refractivity contribution is 0.111. The van der Waals surface area contributed by atoms with E-state index < -0.39 is 9.84 Å². The first-order chi connectivity index (χ1) is 11.5. The van der Waals surface area contributed by atoms with Gasteiger partial charge in [-0.2, -0.15) is 0 Å². The van der Waals surface area contributed by atoms with Crippen molar-refractivity contribution in [3.05, 3.63) is 53.2 Å². The molecule has 3 aromatic rings. The monoisotopic (exact) mass is 360 g/mol. The van der Waals surface area contributed by atoms with Gasteiger partial charge in [-0.05, 0) is 31.2 Å². The zero-order valence-electron chi connectivity index (χ0n) is 13.3. The van der Waals surface area contributed by atoms with Gasteiger partial charge in [-0.1, -0.05) is 18.6 Å². The molecule has 3 rings (SSSR count). The molecule has 0 aliphatic heterocycles. The lowest BCUT2D eigenvalue weighted by atomic mass is 10.1. The predicted octanol–water partition coefficient (Wildman–Crippen LogP) is 3.52. The Morgan fingerprint density at radius 3 is 2.79 bits per heavy atom. The van der Waals surface area contributed by atoms with Crippen LogP contribution < -0.4 is 0 Å². The van der Waals surface area contributed by atoms with E-state index in [-0.39, 0.29) is 10.6 Å². The van der Waals surface area contributed by atoms with Gasteiger partial charge in [0, 0.05) is 17.1 Å². The Morgan fingerprint density at radius 2 is 2.08 bits per heavy atom. The van der Waals surface area contributed by atoms with Crippen LogP contribution in [-0.2, 0) is 9.84 Å². The predicted molar refractivity (Wildman–Crippen MR) is 94.7 cm³/mol. The van der Waals surface area contributed by atoms with E-state index in [1.54, 1.807) is 42.0 Å². The van der Waals surface area contributed by atoms with Crippen molar-refractivity contribution in [2.45, 2.75) is 18.7 Å². The summed E-state index contributed by atoms with van der Waals surface area (Å²) in [6.07, 6.45) is 2.52. The van der Waals surface area contributed by atoms with E-state index in [0.29, 0.717) is 22.1 Å². The fraction of sp³-hybridized carbons (Fsp3) is 0.176. The van der Waals surface area contributed by atoms with E-state index >= 15 is 0 Å². The lowest BCUT2D eigenvalue weighted by Gasteiger charge is -2.08. The molecule has 24 heavy (non-hydrogen) atoms. The molecule has 0 unspecified atom stereocenters. The number of carbonyl (C=O) groups excluding carboxylic acids is 1. The highest BCUT2D eigenvalue weighted by atomic mass is 32.2. The zero-order chi connectivity index (χ0) is 17.3. The van der Waals surface area contributed by atoms with Crippen LogP contribution >= 0.6 is 11.3 Å². The van der Waals surface area contributed by atoms with Gasteiger partial charge in [0.1, 0.15) is 0 Å². The molecule has 0 bridgehead atoms. The highest BCUT2D eigenvalue weighted by Crippen LogP contribution is 2.31. The molecule has 0 fully saturated rings. The van der Waals surface area contributed by atoms with E-state index in [4.69, 9.17) is 0 Å². The van der Waals surface area contributed by atoms with E-state index in [9.17, 15) is 13.2 Å². The average Bonchev–Trinajstić information content (AvgIpc) is 3.23. The van der Waals surface area contributed by atoms with Crippen LogP contribution in [0.1, 0.15) is 23.0 Å². The quantitative estimate of drug-likeness (QED) is 0.653. The molecule has 0 atom stereocenters. The second-order valence-electron chi connectivity index (χ2n) is 5.34. The second-order valence-corrected chi connectivity index (χ2v) is 8.42. The number of carbonyl (C=O) groups is 1. The van der Waals surface area contributed by atoms with Gasteiger partial charge in [-0.25, -0.2) is 13.4 Å². The number of sulfone groups is 1. The molecule has 0 spiro atoms. The second kappa shape index (κ2) is 6.33. The number of thiazole rings is 1. The molecule has 2 aromatic heterocycles. The fourth-order valence-corrected chi connectivity index (χ4v) is 4.35. The smallest absolute Gasteiger partial charge is 0.194 e. The van der Waals surface area contributed by atoms with Crippen molar-refractivity contribution in [1.29, 1.82) is 0 Å². The van der Waals surface area contributed by atoms with Crippen LogP contribution in [0.2, 0.25) is 0 Å². The van der Waals surface area contributed by atoms with Crippen LogP contribution in [0.5, 0.6) is 0 Å². The third kappa shape index (κ3) is 2.92. The van der Waals surface area contributed by atoms with Gasteiger partial charge >= 0.3 is 0 Å². The number of hydrogen-bond donors (Lipinski definition) is 0. The number of aldehydes is 1. The Labute approximate surface area is 144 Å². The van der Waals surface area contributed by atoms with Crippen molar-refractivity contribution in [3.8, 4) is 16.4 Å². The van der Waals surface area contributed by atoms with Crippen molar-refractivity contribution in [2.24, 2.45) is 0 Å². The van der Waals surface area contributed by atoms with Crippen molar-refractivity contribution < 1.29 is 13.2 Å². The summed E-state index contributed by atoms with van der Waals surface area (Å²) in [5.41, 5.74) is 2.65. The minimum Gasteiger partial charge on any atom is -0.296 e. The highest BCUT2D eigenvalue weighted by molar-refractivity contribution is 7.91. The summed E-state index contributed by atoms with van der Waals surface area (Å²) < 4.78 is 26.4. The van der Waals surface area contributed by atoms with Gasteiger partial charge < -0.3 is 0 Å². The first-order valence-corrected chi connectivity index (χ1v) is 9.91. The third-order valence-electron chi connectivity index (χ3n) is 3.73. The highest BCUT2D eigenvalue weighted by Gasteiger charge is 2.20. The molecule has 2 heterocycles. The van der Waals surface area contributed by atoms with Crippen LogP contribution in [0.4, 0.5) is 0 Å². The normalized spacial score (nSPS) is 11.6. The van der Waals surface area contributed by atoms with E-state index in [1.807, 2.05) is 18.4 Å². The van der Waals surface area contributed by atoms with E-state index in [1.165, 1.54) is 11.3 Å². The molecular weight excluding hydrogens is 344 g/mol. The Kier molecular flexibility index (Phi) is 4.38.